The smallest absolute Gasteiger partial charge is 0.421 e. The molecule has 1 aliphatic carbocycles. The molecule has 2 aromatic heterocycles. The van der Waals surface area contributed by atoms with Gasteiger partial charge in [-0.3, -0.25) is 0 Å². The molecule has 0 radical (unpaired) electrons. The Bertz CT molecular complexity index is 1260. The molecule has 1 amide bonds. The maximum Gasteiger partial charge on any atom is 0.421 e. The fraction of sp³-hybridized carbons (Fsp3) is 0.480. The van der Waals surface area contributed by atoms with E-state index in [9.17, 15) is 13.2 Å². The van der Waals surface area contributed by atoms with Crippen molar-refractivity contribution in [2.24, 2.45) is 5.92 Å². The number of aromatic amines is 1. The van der Waals surface area contributed by atoms with Crippen LogP contribution in [0, 0.1) is 12.8 Å². The summed E-state index contributed by atoms with van der Waals surface area (Å²) in [5.41, 5.74) is 2.60. The van der Waals surface area contributed by atoms with Gasteiger partial charge in [0, 0.05) is 34.9 Å². The van der Waals surface area contributed by atoms with E-state index in [0.717, 1.165) is 41.5 Å². The highest BCUT2D eigenvalue weighted by Gasteiger charge is 2.29. The van der Waals surface area contributed by atoms with Crippen molar-refractivity contribution in [3.05, 3.63) is 42.2 Å². The van der Waals surface area contributed by atoms with Crippen molar-refractivity contribution in [1.82, 2.24) is 14.3 Å². The number of fused-ring (bicyclic) bond motifs is 1. The van der Waals surface area contributed by atoms with Crippen molar-refractivity contribution in [2.45, 2.75) is 76.8 Å². The Labute approximate surface area is 195 Å². The van der Waals surface area contributed by atoms with E-state index in [-0.39, 0.29) is 4.90 Å². The molecule has 4 rings (SSSR count). The van der Waals surface area contributed by atoms with E-state index >= 15 is 0 Å². The lowest BCUT2D eigenvalue weighted by atomic mass is 9.89. The Hall–Kier alpha value is -2.74. The molecule has 7 nitrogen and oxygen atoms in total. The van der Waals surface area contributed by atoms with Gasteiger partial charge < -0.3 is 14.3 Å². The summed E-state index contributed by atoms with van der Waals surface area (Å²) in [6, 6.07) is 9.65. The van der Waals surface area contributed by atoms with Crippen LogP contribution in [-0.2, 0) is 21.3 Å². The second kappa shape index (κ2) is 8.89. The molecular weight excluding hydrogens is 438 g/mol. The first-order valence-corrected chi connectivity index (χ1v) is 13.1. The molecule has 0 spiro atoms. The molecule has 0 bridgehead atoms. The van der Waals surface area contributed by atoms with Gasteiger partial charge in [0.2, 0.25) is 0 Å². The summed E-state index contributed by atoms with van der Waals surface area (Å²) in [7, 11) is -4.10. The number of rotatable bonds is 5. The van der Waals surface area contributed by atoms with Crippen LogP contribution < -0.4 is 4.72 Å². The van der Waals surface area contributed by atoms with Gasteiger partial charge in [0.1, 0.15) is 10.5 Å². The fourth-order valence-electron chi connectivity index (χ4n) is 4.73. The minimum Gasteiger partial charge on any atom is -0.443 e. The number of nitrogens with one attached hydrogen (secondary N) is 2. The van der Waals surface area contributed by atoms with Crippen molar-refractivity contribution in [3.63, 3.8) is 0 Å². The Morgan fingerprint density at radius 1 is 1.18 bits per heavy atom. The summed E-state index contributed by atoms with van der Waals surface area (Å²) in [6.07, 6.45) is 6.91. The maximum atomic E-state index is 13.2. The summed E-state index contributed by atoms with van der Waals surface area (Å²) in [5, 5.41) is 1.03. The molecular formula is C25H33N3O4S. The molecule has 3 aromatic rings. The molecule has 2 N–H and O–H groups in total. The van der Waals surface area contributed by atoms with Crippen LogP contribution in [0.15, 0.2) is 41.4 Å². The van der Waals surface area contributed by atoms with Crippen molar-refractivity contribution >= 4 is 27.0 Å². The third-order valence-electron chi connectivity index (χ3n) is 6.26. The SMILES string of the molecule is Cc1c(S(=O)(=O)NC(=O)OC(C)(C)C)cc(-c2c[nH]c3ccccc23)n1CC1CCCCC1. The number of H-pyrrole nitrogens is 1. The highest BCUT2D eigenvalue weighted by molar-refractivity contribution is 7.90. The molecule has 1 fully saturated rings. The second-order valence-corrected chi connectivity index (χ2v) is 11.6. The molecule has 0 saturated heterocycles. The van der Waals surface area contributed by atoms with E-state index in [1.165, 1.54) is 19.3 Å². The number of hydrogen-bond acceptors (Lipinski definition) is 4. The number of para-hydroxylation sites is 1. The first kappa shape index (κ1) is 23.4. The molecule has 0 atom stereocenters. The number of aromatic nitrogens is 2. The molecule has 33 heavy (non-hydrogen) atoms. The van der Waals surface area contributed by atoms with Crippen LogP contribution in [-0.4, -0.2) is 29.7 Å². The van der Waals surface area contributed by atoms with Crippen LogP contribution in [0.3, 0.4) is 0 Å². The van der Waals surface area contributed by atoms with Gasteiger partial charge >= 0.3 is 6.09 Å². The number of carbonyl (C=O) groups is 1. The molecule has 0 unspecified atom stereocenters. The van der Waals surface area contributed by atoms with E-state index in [4.69, 9.17) is 4.74 Å². The summed E-state index contributed by atoms with van der Waals surface area (Å²) in [6.45, 7) is 7.65. The quantitative estimate of drug-likeness (QED) is 0.496. The zero-order chi connectivity index (χ0) is 23.8. The fourth-order valence-corrected chi connectivity index (χ4v) is 5.86. The molecule has 1 aromatic carbocycles. The zero-order valence-corrected chi connectivity index (χ0v) is 20.6. The Kier molecular flexibility index (Phi) is 6.31. The third kappa shape index (κ3) is 5.11. The van der Waals surface area contributed by atoms with Crippen LogP contribution in [0.25, 0.3) is 22.2 Å². The van der Waals surface area contributed by atoms with Crippen LogP contribution in [0.2, 0.25) is 0 Å². The van der Waals surface area contributed by atoms with Crippen molar-refractivity contribution in [3.8, 4) is 11.3 Å². The number of carbonyl (C=O) groups excluding carboxylic acids is 1. The minimum atomic E-state index is -4.10. The van der Waals surface area contributed by atoms with E-state index in [1.54, 1.807) is 26.8 Å². The third-order valence-corrected chi connectivity index (χ3v) is 7.68. The predicted molar refractivity (Wildman–Crippen MR) is 130 cm³/mol. The lowest BCUT2D eigenvalue weighted by molar-refractivity contribution is 0.0570. The standard InChI is InChI=1S/C25H33N3O4S/c1-17-23(33(30,31)27-24(29)32-25(2,3)4)14-22(28(17)16-18-10-6-5-7-11-18)20-15-26-21-13-9-8-12-19(20)21/h8-9,12-15,18,26H,5-7,10-11,16H2,1-4H3,(H,27,29). The average molecular weight is 472 g/mol. The Balaban J connectivity index is 1.77. The topological polar surface area (TPSA) is 93.2 Å². The van der Waals surface area contributed by atoms with Gasteiger partial charge in [-0.25, -0.2) is 17.9 Å². The van der Waals surface area contributed by atoms with Gasteiger partial charge in [-0.15, -0.1) is 0 Å². The normalized spacial score (nSPS) is 15.6. The van der Waals surface area contributed by atoms with Crippen LogP contribution in [0.4, 0.5) is 4.79 Å². The second-order valence-electron chi connectivity index (χ2n) is 9.95. The van der Waals surface area contributed by atoms with Gasteiger partial charge in [-0.2, -0.15) is 0 Å². The summed E-state index contributed by atoms with van der Waals surface area (Å²) < 4.78 is 35.8. The van der Waals surface area contributed by atoms with E-state index < -0.39 is 21.7 Å². The largest absolute Gasteiger partial charge is 0.443 e. The van der Waals surface area contributed by atoms with Crippen LogP contribution in [0.5, 0.6) is 0 Å². The Morgan fingerprint density at radius 3 is 2.58 bits per heavy atom. The van der Waals surface area contributed by atoms with Gasteiger partial charge in [0.25, 0.3) is 10.0 Å². The number of hydrogen-bond donors (Lipinski definition) is 2. The van der Waals surface area contributed by atoms with E-state index in [0.29, 0.717) is 11.6 Å². The van der Waals surface area contributed by atoms with Crippen LogP contribution >= 0.6 is 0 Å². The van der Waals surface area contributed by atoms with E-state index in [1.807, 2.05) is 37.4 Å². The summed E-state index contributed by atoms with van der Waals surface area (Å²) >= 11 is 0. The lowest BCUT2D eigenvalue weighted by Crippen LogP contribution is -2.36. The predicted octanol–water partition coefficient (Wildman–Crippen LogP) is 5.74. The van der Waals surface area contributed by atoms with Crippen molar-refractivity contribution in [1.29, 1.82) is 0 Å². The first-order valence-electron chi connectivity index (χ1n) is 11.6. The van der Waals surface area contributed by atoms with Gasteiger partial charge in [0.05, 0.1) is 5.69 Å². The number of sulfonamides is 1. The monoisotopic (exact) mass is 471 g/mol. The molecule has 178 valence electrons. The highest BCUT2D eigenvalue weighted by atomic mass is 32.2. The number of amides is 1. The zero-order valence-electron chi connectivity index (χ0n) is 19.8. The van der Waals surface area contributed by atoms with Gasteiger partial charge in [-0.1, -0.05) is 37.5 Å². The molecule has 1 saturated carbocycles. The molecule has 1 aliphatic rings. The van der Waals surface area contributed by atoms with Crippen molar-refractivity contribution in [2.75, 3.05) is 0 Å². The molecule has 0 aliphatic heterocycles. The van der Waals surface area contributed by atoms with Gasteiger partial charge in [0.15, 0.2) is 0 Å². The lowest BCUT2D eigenvalue weighted by Gasteiger charge is -2.24. The molecule has 2 heterocycles. The maximum absolute atomic E-state index is 13.2. The van der Waals surface area contributed by atoms with Crippen LogP contribution in [0.1, 0.15) is 58.6 Å². The average Bonchev–Trinajstić information content (AvgIpc) is 3.29. The number of nitrogens with zero attached hydrogens (tertiary/aromatic N) is 1. The summed E-state index contributed by atoms with van der Waals surface area (Å²) in [4.78, 5) is 15.6. The molecule has 8 heteroatoms. The van der Waals surface area contributed by atoms with Gasteiger partial charge in [-0.05, 0) is 58.6 Å². The highest BCUT2D eigenvalue weighted by Crippen LogP contribution is 2.36. The van der Waals surface area contributed by atoms with E-state index in [2.05, 4.69) is 14.3 Å². The minimum absolute atomic E-state index is 0.101. The number of benzene rings is 1. The number of ether oxygens (including phenoxy) is 1. The Morgan fingerprint density at radius 2 is 1.88 bits per heavy atom. The summed E-state index contributed by atoms with van der Waals surface area (Å²) in [5.74, 6) is 0.503. The first-order chi connectivity index (χ1) is 15.5. The van der Waals surface area contributed by atoms with Crippen molar-refractivity contribution < 1.29 is 17.9 Å².